The van der Waals surface area contributed by atoms with Gasteiger partial charge in [0.2, 0.25) is 5.91 Å². The summed E-state index contributed by atoms with van der Waals surface area (Å²) < 4.78 is 10.1. The summed E-state index contributed by atoms with van der Waals surface area (Å²) in [4.78, 5) is 57.5. The molecule has 0 aliphatic heterocycles. The number of ether oxygens (including phenoxy) is 2. The Labute approximate surface area is 231 Å². The van der Waals surface area contributed by atoms with E-state index < -0.39 is 42.4 Å². The first-order chi connectivity index (χ1) is 16.1. The van der Waals surface area contributed by atoms with Crippen LogP contribution in [0.4, 0.5) is 0 Å². The number of aliphatic carboxylic acids is 2. The Morgan fingerprint density at radius 2 is 1.46 bits per heavy atom. The standard InChI is InChI=1S/C24H33NO9.2H2N.Pt/c1-3-4-5-6-7-20(16(2)26)25-21(27)14-33-15-22(28)34-13-18-10-8-17(9-11-18)12-19(23(29)30)24(31)32;;;/h8-11,19-20H,3-7,12-15H2,1-2H3,(H,25,27)(H,29,30)(H,31,32);2*1H2;/q;2*-1;+2. The number of carbonyl (C=O) groups excluding carboxylic acids is 3. The number of carboxylic acids is 2. The zero-order valence-corrected chi connectivity index (χ0v) is 23.3. The van der Waals surface area contributed by atoms with Crippen LogP contribution in [0.2, 0.25) is 0 Å². The molecule has 0 bridgehead atoms. The number of Topliss-reactive ketones (excluding diaryl/α,β-unsaturated/α-hetero) is 1. The minimum Gasteiger partial charge on any atom is -0.693 e. The number of ketones is 1. The average Bonchev–Trinajstić information content (AvgIpc) is 2.78. The number of carboxylic acid groups (broad SMARTS) is 2. The van der Waals surface area contributed by atoms with E-state index in [9.17, 15) is 24.0 Å². The number of nitrogens with two attached hydrogens (primary N) is 2. The van der Waals surface area contributed by atoms with Gasteiger partial charge in [0.05, 0.1) is 6.04 Å². The summed E-state index contributed by atoms with van der Waals surface area (Å²) in [5, 5.41) is 20.5. The summed E-state index contributed by atoms with van der Waals surface area (Å²) in [6.07, 6.45) is 4.38. The van der Waals surface area contributed by atoms with Crippen molar-refractivity contribution in [3.05, 3.63) is 47.7 Å². The minimum atomic E-state index is -1.54. The van der Waals surface area contributed by atoms with Crippen molar-refractivity contribution in [3.8, 4) is 0 Å². The molecule has 0 aliphatic carbocycles. The zero-order chi connectivity index (χ0) is 25.5. The molecule has 0 radical (unpaired) electrons. The molecule has 12 nitrogen and oxygen atoms in total. The number of hydrogen-bond donors (Lipinski definition) is 3. The molecule has 0 saturated carbocycles. The molecule has 13 heteroatoms. The molecule has 37 heavy (non-hydrogen) atoms. The van der Waals surface area contributed by atoms with Gasteiger partial charge in [-0.1, -0.05) is 56.9 Å². The van der Waals surface area contributed by atoms with Gasteiger partial charge in [-0.25, -0.2) is 4.79 Å². The molecule has 1 rings (SSSR count). The van der Waals surface area contributed by atoms with Crippen molar-refractivity contribution in [2.75, 3.05) is 13.2 Å². The number of rotatable bonds is 17. The van der Waals surface area contributed by atoms with E-state index in [4.69, 9.17) is 19.7 Å². The monoisotopic (exact) mass is 706 g/mol. The molecule has 1 amide bonds. The molecule has 212 valence electrons. The molecule has 0 heterocycles. The van der Waals surface area contributed by atoms with Crippen molar-refractivity contribution >= 4 is 29.6 Å². The van der Waals surface area contributed by atoms with Gasteiger partial charge in [0.1, 0.15) is 19.8 Å². The van der Waals surface area contributed by atoms with E-state index in [2.05, 4.69) is 12.2 Å². The van der Waals surface area contributed by atoms with Crippen molar-refractivity contribution in [1.82, 2.24) is 5.32 Å². The molecule has 7 N–H and O–H groups in total. The molecule has 0 fully saturated rings. The first-order valence-electron chi connectivity index (χ1n) is 11.2. The fraction of sp³-hybridized carbons (Fsp3) is 0.542. The summed E-state index contributed by atoms with van der Waals surface area (Å²) in [6, 6.07) is 5.76. The normalized spacial score (nSPS) is 10.7. The van der Waals surface area contributed by atoms with E-state index in [0.29, 0.717) is 17.5 Å². The van der Waals surface area contributed by atoms with E-state index in [1.807, 2.05) is 0 Å². The van der Waals surface area contributed by atoms with Gasteiger partial charge in [-0.05, 0) is 30.9 Å². The van der Waals surface area contributed by atoms with Crippen LogP contribution in [0.25, 0.3) is 12.3 Å². The summed E-state index contributed by atoms with van der Waals surface area (Å²) >= 11 is 0. The van der Waals surface area contributed by atoms with Crippen molar-refractivity contribution in [2.45, 2.75) is 65.0 Å². The summed E-state index contributed by atoms with van der Waals surface area (Å²) in [5.41, 5.74) is 1.14. The van der Waals surface area contributed by atoms with Crippen LogP contribution in [-0.4, -0.2) is 59.1 Å². The summed E-state index contributed by atoms with van der Waals surface area (Å²) in [5.74, 6) is -5.66. The Balaban J connectivity index is -0.00000385. The molecule has 0 spiro atoms. The Kier molecular flexibility index (Phi) is 22.5. The van der Waals surface area contributed by atoms with Crippen LogP contribution in [0.15, 0.2) is 24.3 Å². The van der Waals surface area contributed by atoms with E-state index in [-0.39, 0.29) is 58.8 Å². The summed E-state index contributed by atoms with van der Waals surface area (Å²) in [7, 11) is 0. The first-order valence-corrected chi connectivity index (χ1v) is 11.2. The second-order valence-corrected chi connectivity index (χ2v) is 7.98. The number of esters is 1. The van der Waals surface area contributed by atoms with Gasteiger partial charge in [-0.15, -0.1) is 0 Å². The van der Waals surface area contributed by atoms with Gasteiger partial charge in [0.15, 0.2) is 11.7 Å². The van der Waals surface area contributed by atoms with Crippen LogP contribution < -0.4 is 5.32 Å². The second-order valence-electron chi connectivity index (χ2n) is 7.98. The van der Waals surface area contributed by atoms with Crippen molar-refractivity contribution in [3.63, 3.8) is 0 Å². The Bertz CT molecular complexity index is 836. The maximum atomic E-state index is 12.0. The number of unbranched alkanes of at least 4 members (excludes halogenated alkanes) is 3. The predicted octanol–water partition coefficient (Wildman–Crippen LogP) is 3.55. The SMILES string of the molecule is CCCCCCC(NC(=O)COCC(=O)OCc1ccc(CC(C(=O)O)C(=O)O)cc1)C(C)=O.[NH2-].[NH2-].[Pt+2]. The molecule has 1 unspecified atom stereocenters. The van der Waals surface area contributed by atoms with Crippen LogP contribution in [0.1, 0.15) is 57.1 Å². The van der Waals surface area contributed by atoms with Crippen LogP contribution in [-0.2, 0) is 67.5 Å². The molecule has 1 aromatic carbocycles. The van der Waals surface area contributed by atoms with E-state index in [1.54, 1.807) is 24.3 Å². The van der Waals surface area contributed by atoms with Crippen LogP contribution >= 0.6 is 0 Å². The predicted molar refractivity (Wildman–Crippen MR) is 131 cm³/mol. The smallest absolute Gasteiger partial charge is 0.693 e. The maximum absolute atomic E-state index is 12.0. The maximum Gasteiger partial charge on any atom is 2.00 e. The Morgan fingerprint density at radius 1 is 0.892 bits per heavy atom. The number of amides is 1. The summed E-state index contributed by atoms with van der Waals surface area (Å²) in [6.45, 7) is 2.63. The zero-order valence-electron chi connectivity index (χ0n) is 21.1. The fourth-order valence-electron chi connectivity index (χ4n) is 3.11. The molecule has 0 aromatic heterocycles. The Morgan fingerprint density at radius 3 is 1.97 bits per heavy atom. The fourth-order valence-corrected chi connectivity index (χ4v) is 3.11. The topological polar surface area (TPSA) is 223 Å². The van der Waals surface area contributed by atoms with Crippen molar-refractivity contribution in [1.29, 1.82) is 0 Å². The molecular formula is C24H37N3O9Pt. The van der Waals surface area contributed by atoms with Gasteiger partial charge < -0.3 is 37.3 Å². The second kappa shape index (κ2) is 21.4. The van der Waals surface area contributed by atoms with Crippen LogP contribution in [0.3, 0.4) is 0 Å². The largest absolute Gasteiger partial charge is 2.00 e. The minimum absolute atomic E-state index is 0. The number of carbonyl (C=O) groups is 5. The molecule has 0 saturated heterocycles. The molecule has 1 atom stereocenters. The molecular weight excluding hydrogens is 669 g/mol. The van der Waals surface area contributed by atoms with E-state index in [1.165, 1.54) is 6.92 Å². The van der Waals surface area contributed by atoms with Crippen molar-refractivity contribution < 1.29 is 64.7 Å². The number of nitrogens with one attached hydrogen (secondary N) is 1. The van der Waals surface area contributed by atoms with Gasteiger partial charge >= 0.3 is 39.0 Å². The van der Waals surface area contributed by atoms with Crippen LogP contribution in [0.5, 0.6) is 0 Å². The van der Waals surface area contributed by atoms with Crippen molar-refractivity contribution in [2.24, 2.45) is 5.92 Å². The third-order valence-electron chi connectivity index (χ3n) is 5.08. The third kappa shape index (κ3) is 16.7. The van der Waals surface area contributed by atoms with Crippen LogP contribution in [0, 0.1) is 5.92 Å². The van der Waals surface area contributed by atoms with Gasteiger partial charge in [0, 0.05) is 0 Å². The third-order valence-corrected chi connectivity index (χ3v) is 5.08. The number of benzene rings is 1. The molecule has 1 aromatic rings. The van der Waals surface area contributed by atoms with Gasteiger partial charge in [0.25, 0.3) is 0 Å². The van der Waals surface area contributed by atoms with Gasteiger partial charge in [-0.3, -0.25) is 19.2 Å². The Hall–Kier alpha value is -2.66. The first kappa shape index (κ1) is 38.9. The quantitative estimate of drug-likeness (QED) is 0.122. The van der Waals surface area contributed by atoms with E-state index >= 15 is 0 Å². The molecule has 0 aliphatic rings. The van der Waals surface area contributed by atoms with Gasteiger partial charge in [-0.2, -0.15) is 0 Å². The number of hydrogen-bond acceptors (Lipinski definition) is 7. The van der Waals surface area contributed by atoms with E-state index in [0.717, 1.165) is 25.7 Å². The average molecular weight is 707 g/mol.